The van der Waals surface area contributed by atoms with Gasteiger partial charge in [0.2, 0.25) is 5.91 Å². The molecular formula is C26H35N3O4. The quantitative estimate of drug-likeness (QED) is 0.591. The van der Waals surface area contributed by atoms with Crippen molar-refractivity contribution < 1.29 is 19.1 Å². The van der Waals surface area contributed by atoms with E-state index in [2.05, 4.69) is 29.5 Å². The molecule has 2 fully saturated rings. The normalized spacial score (nSPS) is 30.4. The van der Waals surface area contributed by atoms with Gasteiger partial charge in [-0.05, 0) is 79.5 Å². The Kier molecular flexibility index (Phi) is 6.36. The molecule has 0 aromatic carbocycles. The minimum atomic E-state index is -0.728. The van der Waals surface area contributed by atoms with Crippen LogP contribution < -0.4 is 10.6 Å². The van der Waals surface area contributed by atoms with Crippen molar-refractivity contribution in [3.63, 3.8) is 0 Å². The molecule has 2 aliphatic carbocycles. The predicted molar refractivity (Wildman–Crippen MR) is 124 cm³/mol. The predicted octanol–water partition coefficient (Wildman–Crippen LogP) is 3.84. The fourth-order valence-electron chi connectivity index (χ4n) is 6.21. The molecule has 4 rings (SSSR count). The summed E-state index contributed by atoms with van der Waals surface area (Å²) in [6.45, 7) is 6.79. The number of pyridine rings is 1. The van der Waals surface area contributed by atoms with E-state index in [1.807, 2.05) is 19.1 Å². The van der Waals surface area contributed by atoms with Gasteiger partial charge >= 0.3 is 0 Å². The first-order chi connectivity index (χ1) is 15.6. The van der Waals surface area contributed by atoms with Gasteiger partial charge in [-0.2, -0.15) is 0 Å². The molecule has 2 heterocycles. The van der Waals surface area contributed by atoms with Gasteiger partial charge in [0.05, 0.1) is 11.9 Å². The Hall–Kier alpha value is -2.67. The molecule has 2 aromatic heterocycles. The van der Waals surface area contributed by atoms with Crippen molar-refractivity contribution in [1.82, 2.24) is 15.6 Å². The summed E-state index contributed by atoms with van der Waals surface area (Å²) >= 11 is 0. The average molecular weight is 454 g/mol. The minimum absolute atomic E-state index is 0.00914. The van der Waals surface area contributed by atoms with Gasteiger partial charge in [-0.15, -0.1) is 0 Å². The van der Waals surface area contributed by atoms with Gasteiger partial charge in [-0.3, -0.25) is 14.6 Å². The zero-order valence-electron chi connectivity index (χ0n) is 19.8. The molecule has 33 heavy (non-hydrogen) atoms. The molecule has 0 bridgehead atoms. The van der Waals surface area contributed by atoms with Gasteiger partial charge < -0.3 is 20.2 Å². The summed E-state index contributed by atoms with van der Waals surface area (Å²) in [6.07, 6.45) is 8.90. The molecule has 0 saturated heterocycles. The second-order valence-electron chi connectivity index (χ2n) is 10.8. The van der Waals surface area contributed by atoms with Gasteiger partial charge in [0.1, 0.15) is 0 Å². The number of hydrogen-bond donors (Lipinski definition) is 3. The van der Waals surface area contributed by atoms with Crippen LogP contribution in [0.4, 0.5) is 0 Å². The number of nitrogens with one attached hydrogen (secondary N) is 2. The third-order valence-electron chi connectivity index (χ3n) is 7.91. The lowest BCUT2D eigenvalue weighted by atomic mass is 9.57. The smallest absolute Gasteiger partial charge is 0.287 e. The first-order valence-corrected chi connectivity index (χ1v) is 11.8. The first kappa shape index (κ1) is 23.5. The number of aliphatic hydroxyl groups is 1. The van der Waals surface area contributed by atoms with Crippen molar-refractivity contribution in [2.24, 2.45) is 16.7 Å². The Morgan fingerprint density at radius 1 is 1.18 bits per heavy atom. The van der Waals surface area contributed by atoms with Crippen molar-refractivity contribution in [3.05, 3.63) is 54.2 Å². The van der Waals surface area contributed by atoms with Gasteiger partial charge in [-0.25, -0.2) is 0 Å². The SMILES string of the molecule is CC1(C)C[C@H](NC(=O)c2ccco2)[C@]2(CCC(=O)NCc3cccnc3)CC[C@@](C)(O)C[C@@H]12. The molecule has 3 N–H and O–H groups in total. The van der Waals surface area contributed by atoms with Gasteiger partial charge in [-0.1, -0.05) is 19.9 Å². The molecule has 0 aliphatic heterocycles. The first-order valence-electron chi connectivity index (χ1n) is 11.8. The van der Waals surface area contributed by atoms with Crippen molar-refractivity contribution in [1.29, 1.82) is 0 Å². The largest absolute Gasteiger partial charge is 0.459 e. The van der Waals surface area contributed by atoms with E-state index >= 15 is 0 Å². The monoisotopic (exact) mass is 453 g/mol. The van der Waals surface area contributed by atoms with Gasteiger partial charge in [0, 0.05) is 31.4 Å². The van der Waals surface area contributed by atoms with Crippen LogP contribution in [0.2, 0.25) is 0 Å². The molecular weight excluding hydrogens is 418 g/mol. The van der Waals surface area contributed by atoms with Crippen LogP contribution in [0.1, 0.15) is 75.4 Å². The summed E-state index contributed by atoms with van der Waals surface area (Å²) in [5.74, 6) is 0.259. The molecule has 7 nitrogen and oxygen atoms in total. The molecule has 2 saturated carbocycles. The highest BCUT2D eigenvalue weighted by Gasteiger charge is 2.61. The Bertz CT molecular complexity index is 971. The number of carbonyl (C=O) groups is 2. The molecule has 2 aliphatic rings. The van der Waals surface area contributed by atoms with Crippen LogP contribution in [-0.2, 0) is 11.3 Å². The molecule has 0 spiro atoms. The van der Waals surface area contributed by atoms with E-state index in [-0.39, 0.29) is 34.6 Å². The highest BCUT2D eigenvalue weighted by molar-refractivity contribution is 5.91. The second kappa shape index (κ2) is 8.93. The van der Waals surface area contributed by atoms with Crippen LogP contribution in [0.15, 0.2) is 47.3 Å². The van der Waals surface area contributed by atoms with Gasteiger partial charge in [0.15, 0.2) is 5.76 Å². The van der Waals surface area contributed by atoms with E-state index in [1.165, 1.54) is 6.26 Å². The molecule has 0 unspecified atom stereocenters. The summed E-state index contributed by atoms with van der Waals surface area (Å²) < 4.78 is 5.31. The Balaban J connectivity index is 1.51. The molecule has 0 radical (unpaired) electrons. The summed E-state index contributed by atoms with van der Waals surface area (Å²) in [5.41, 5.74) is -0.0909. The third kappa shape index (κ3) is 4.98. The molecule has 178 valence electrons. The number of amides is 2. The van der Waals surface area contributed by atoms with Crippen LogP contribution in [0, 0.1) is 16.7 Å². The third-order valence-corrected chi connectivity index (χ3v) is 7.91. The van der Waals surface area contributed by atoms with E-state index in [9.17, 15) is 14.7 Å². The topological polar surface area (TPSA) is 104 Å². The average Bonchev–Trinajstić information content (AvgIpc) is 3.38. The zero-order valence-corrected chi connectivity index (χ0v) is 19.8. The maximum atomic E-state index is 12.9. The van der Waals surface area contributed by atoms with E-state index in [0.29, 0.717) is 38.0 Å². The zero-order chi connectivity index (χ0) is 23.7. The van der Waals surface area contributed by atoms with Crippen LogP contribution in [-0.4, -0.2) is 33.5 Å². The fourth-order valence-corrected chi connectivity index (χ4v) is 6.21. The van der Waals surface area contributed by atoms with Crippen LogP contribution >= 0.6 is 0 Å². The number of hydrogen-bond acceptors (Lipinski definition) is 5. The molecule has 2 amide bonds. The highest BCUT2D eigenvalue weighted by atomic mass is 16.3. The van der Waals surface area contributed by atoms with Crippen molar-refractivity contribution >= 4 is 11.8 Å². The lowest BCUT2D eigenvalue weighted by molar-refractivity contribution is -0.123. The summed E-state index contributed by atoms with van der Waals surface area (Å²) in [7, 11) is 0. The Morgan fingerprint density at radius 2 is 2.00 bits per heavy atom. The summed E-state index contributed by atoms with van der Waals surface area (Å²) in [6, 6.07) is 7.07. The lowest BCUT2D eigenvalue weighted by Gasteiger charge is -2.50. The van der Waals surface area contributed by atoms with E-state index in [0.717, 1.165) is 18.4 Å². The maximum Gasteiger partial charge on any atom is 0.287 e. The summed E-state index contributed by atoms with van der Waals surface area (Å²) in [5, 5.41) is 17.1. The molecule has 2 aromatic rings. The Labute approximate surface area is 195 Å². The summed E-state index contributed by atoms with van der Waals surface area (Å²) in [4.78, 5) is 29.7. The standard InChI is InChI=1S/C26H35N3O4/c1-24(2)15-21(29-23(31)19-7-5-13-33-19)26(11-10-25(3,32)14-20(24)26)9-8-22(30)28-17-18-6-4-12-27-16-18/h4-7,12-13,16,20-21,32H,8-11,14-15,17H2,1-3H3,(H,28,30)(H,29,31)/t20-,21-,25+,26+/m0/s1. The van der Waals surface area contributed by atoms with E-state index < -0.39 is 5.60 Å². The number of rotatable bonds is 7. The maximum absolute atomic E-state index is 12.9. The molecule has 4 atom stereocenters. The lowest BCUT2D eigenvalue weighted by Crippen LogP contribution is -2.52. The second-order valence-corrected chi connectivity index (χ2v) is 10.8. The Morgan fingerprint density at radius 3 is 2.70 bits per heavy atom. The highest BCUT2D eigenvalue weighted by Crippen LogP contribution is 2.63. The number of aromatic nitrogens is 1. The number of fused-ring (bicyclic) bond motifs is 1. The van der Waals surface area contributed by atoms with Crippen LogP contribution in [0.3, 0.4) is 0 Å². The van der Waals surface area contributed by atoms with Crippen molar-refractivity contribution in [3.8, 4) is 0 Å². The number of carbonyl (C=O) groups excluding carboxylic acids is 2. The van der Waals surface area contributed by atoms with E-state index in [4.69, 9.17) is 4.42 Å². The molecule has 7 heteroatoms. The number of nitrogens with zero attached hydrogens (tertiary/aromatic N) is 1. The minimum Gasteiger partial charge on any atom is -0.459 e. The van der Waals surface area contributed by atoms with E-state index in [1.54, 1.807) is 24.5 Å². The van der Waals surface area contributed by atoms with Crippen LogP contribution in [0.25, 0.3) is 0 Å². The van der Waals surface area contributed by atoms with Gasteiger partial charge in [0.25, 0.3) is 5.91 Å². The fraction of sp³-hybridized carbons (Fsp3) is 0.577. The van der Waals surface area contributed by atoms with Crippen LogP contribution in [0.5, 0.6) is 0 Å². The van der Waals surface area contributed by atoms with Crippen molar-refractivity contribution in [2.75, 3.05) is 0 Å². The number of furan rings is 1. The van der Waals surface area contributed by atoms with Crippen molar-refractivity contribution in [2.45, 2.75) is 77.5 Å².